The number of benzene rings is 1. The molecule has 2 aliphatic carbocycles. The van der Waals surface area contributed by atoms with Gasteiger partial charge < -0.3 is 0 Å². The zero-order valence-corrected chi connectivity index (χ0v) is 9.62. The Kier molecular flexibility index (Phi) is 2.11. The Hall–Kier alpha value is -1.96. The molecule has 2 heteroatoms. The first-order chi connectivity index (χ1) is 8.18. The quantitative estimate of drug-likeness (QED) is 0.635. The molecule has 0 bridgehead atoms. The number of aryl methyl sites for hydroxylation is 1. The minimum Gasteiger partial charge on any atom is -0.285 e. The molecule has 17 heavy (non-hydrogen) atoms. The lowest BCUT2D eigenvalue weighted by Crippen LogP contribution is -2.24. The molecular formula is C15H12O2. The van der Waals surface area contributed by atoms with Crippen molar-refractivity contribution < 1.29 is 9.59 Å². The Morgan fingerprint density at radius 3 is 2.71 bits per heavy atom. The minimum absolute atomic E-state index is 0.317. The van der Waals surface area contributed by atoms with Crippen LogP contribution in [0.3, 0.4) is 0 Å². The van der Waals surface area contributed by atoms with Crippen LogP contribution in [0.1, 0.15) is 34.3 Å². The third kappa shape index (κ3) is 1.41. The summed E-state index contributed by atoms with van der Waals surface area (Å²) in [6.07, 6.45) is 5.56. The van der Waals surface area contributed by atoms with Crippen LogP contribution >= 0.6 is 0 Å². The van der Waals surface area contributed by atoms with Crippen molar-refractivity contribution in [3.8, 4) is 0 Å². The first-order valence-electron chi connectivity index (χ1n) is 5.78. The molecule has 0 unspecified atom stereocenters. The number of hydrogen-bond donors (Lipinski definition) is 0. The second-order valence-corrected chi connectivity index (χ2v) is 4.54. The number of Topliss-reactive ketones (excluding diaryl/α,β-unsaturated/α-hetero) is 2. The van der Waals surface area contributed by atoms with Crippen molar-refractivity contribution in [3.63, 3.8) is 0 Å². The van der Waals surface area contributed by atoms with Gasteiger partial charge in [-0.25, -0.2) is 0 Å². The summed E-state index contributed by atoms with van der Waals surface area (Å²) in [5.74, 6) is -0.666. The maximum Gasteiger partial charge on any atom is 0.233 e. The van der Waals surface area contributed by atoms with Crippen molar-refractivity contribution in [1.82, 2.24) is 0 Å². The second kappa shape index (κ2) is 3.52. The SMILES string of the molecule is Cc1ccc2c(c1)C(=O)C(=O)C1=C2C=CCC1. The maximum atomic E-state index is 12.0. The predicted molar refractivity (Wildman–Crippen MR) is 65.8 cm³/mol. The summed E-state index contributed by atoms with van der Waals surface area (Å²) >= 11 is 0. The van der Waals surface area contributed by atoms with E-state index in [1.807, 2.05) is 31.2 Å². The highest BCUT2D eigenvalue weighted by Crippen LogP contribution is 2.35. The fraction of sp³-hybridized carbons (Fsp3) is 0.200. The molecule has 0 saturated heterocycles. The highest BCUT2D eigenvalue weighted by atomic mass is 16.2. The summed E-state index contributed by atoms with van der Waals surface area (Å²) in [6.45, 7) is 1.93. The van der Waals surface area contributed by atoms with E-state index in [1.54, 1.807) is 0 Å². The molecule has 1 aromatic rings. The molecule has 2 aliphatic rings. The van der Waals surface area contributed by atoms with E-state index in [0.717, 1.165) is 23.1 Å². The lowest BCUT2D eigenvalue weighted by molar-refractivity contribution is -0.112. The average molecular weight is 224 g/mol. The van der Waals surface area contributed by atoms with Crippen LogP contribution < -0.4 is 0 Å². The molecule has 0 amide bonds. The molecule has 0 atom stereocenters. The van der Waals surface area contributed by atoms with Crippen molar-refractivity contribution >= 4 is 17.1 Å². The molecule has 0 spiro atoms. The van der Waals surface area contributed by atoms with Gasteiger partial charge in [0.25, 0.3) is 0 Å². The third-order valence-electron chi connectivity index (χ3n) is 3.36. The summed E-state index contributed by atoms with van der Waals surface area (Å²) < 4.78 is 0. The summed E-state index contributed by atoms with van der Waals surface area (Å²) in [5.41, 5.74) is 4.10. The van der Waals surface area contributed by atoms with E-state index in [-0.39, 0.29) is 11.6 Å². The molecule has 2 nitrogen and oxygen atoms in total. The molecule has 0 saturated carbocycles. The number of carbonyl (C=O) groups is 2. The van der Waals surface area contributed by atoms with Gasteiger partial charge in [-0.15, -0.1) is 0 Å². The van der Waals surface area contributed by atoms with Crippen molar-refractivity contribution in [3.05, 3.63) is 52.6 Å². The summed E-state index contributed by atoms with van der Waals surface area (Å²) in [7, 11) is 0. The largest absolute Gasteiger partial charge is 0.285 e. The van der Waals surface area contributed by atoms with Gasteiger partial charge in [-0.3, -0.25) is 9.59 Å². The summed E-state index contributed by atoms with van der Waals surface area (Å²) in [6, 6.07) is 5.73. The van der Waals surface area contributed by atoms with Crippen molar-refractivity contribution in [1.29, 1.82) is 0 Å². The summed E-state index contributed by atoms with van der Waals surface area (Å²) in [4.78, 5) is 24.0. The lowest BCUT2D eigenvalue weighted by atomic mass is 9.79. The minimum atomic E-state index is -0.349. The first kappa shape index (κ1) is 10.2. The lowest BCUT2D eigenvalue weighted by Gasteiger charge is -2.22. The van der Waals surface area contributed by atoms with E-state index in [9.17, 15) is 9.59 Å². The fourth-order valence-electron chi connectivity index (χ4n) is 2.49. The van der Waals surface area contributed by atoms with Crippen molar-refractivity contribution in [2.45, 2.75) is 19.8 Å². The monoisotopic (exact) mass is 224 g/mol. The van der Waals surface area contributed by atoms with E-state index < -0.39 is 0 Å². The van der Waals surface area contributed by atoms with Gasteiger partial charge in [-0.2, -0.15) is 0 Å². The molecule has 0 N–H and O–H groups in total. The van der Waals surface area contributed by atoms with Gasteiger partial charge in [0.05, 0.1) is 0 Å². The molecule has 0 radical (unpaired) electrons. The van der Waals surface area contributed by atoms with Crippen LogP contribution in [-0.4, -0.2) is 11.6 Å². The van der Waals surface area contributed by atoms with Crippen LogP contribution in [0.25, 0.3) is 5.57 Å². The molecule has 3 rings (SSSR count). The molecule has 0 fully saturated rings. The number of ketones is 2. The molecule has 0 heterocycles. The highest BCUT2D eigenvalue weighted by molar-refractivity contribution is 6.52. The van der Waals surface area contributed by atoms with E-state index in [0.29, 0.717) is 17.6 Å². The normalized spacial score (nSPS) is 18.2. The van der Waals surface area contributed by atoms with Crippen molar-refractivity contribution in [2.24, 2.45) is 0 Å². The van der Waals surface area contributed by atoms with E-state index in [4.69, 9.17) is 0 Å². The first-order valence-corrected chi connectivity index (χ1v) is 5.78. The zero-order chi connectivity index (χ0) is 12.0. The molecule has 0 aromatic heterocycles. The zero-order valence-electron chi connectivity index (χ0n) is 9.62. The summed E-state index contributed by atoms with van der Waals surface area (Å²) in [5, 5.41) is 0. The van der Waals surface area contributed by atoms with Crippen LogP contribution in [0.15, 0.2) is 35.9 Å². The Morgan fingerprint density at radius 2 is 1.88 bits per heavy atom. The highest BCUT2D eigenvalue weighted by Gasteiger charge is 2.31. The van der Waals surface area contributed by atoms with Gasteiger partial charge >= 0.3 is 0 Å². The number of rotatable bonds is 0. The van der Waals surface area contributed by atoms with Crippen molar-refractivity contribution in [2.75, 3.05) is 0 Å². The van der Waals surface area contributed by atoms with E-state index >= 15 is 0 Å². The van der Waals surface area contributed by atoms with Crippen LogP contribution in [0.4, 0.5) is 0 Å². The van der Waals surface area contributed by atoms with Crippen LogP contribution in [0.5, 0.6) is 0 Å². The van der Waals surface area contributed by atoms with E-state index in [1.165, 1.54) is 0 Å². The third-order valence-corrected chi connectivity index (χ3v) is 3.36. The molecule has 1 aromatic carbocycles. The van der Waals surface area contributed by atoms with E-state index in [2.05, 4.69) is 6.08 Å². The number of allylic oxidation sites excluding steroid dienone is 4. The molecular weight excluding hydrogens is 212 g/mol. The van der Waals surface area contributed by atoms with Crippen LogP contribution in [0, 0.1) is 6.92 Å². The Balaban J connectivity index is 2.32. The molecule has 0 aliphatic heterocycles. The topological polar surface area (TPSA) is 34.1 Å². The number of carbonyl (C=O) groups excluding carboxylic acids is 2. The van der Waals surface area contributed by atoms with Crippen LogP contribution in [0.2, 0.25) is 0 Å². The van der Waals surface area contributed by atoms with Gasteiger partial charge in [-0.1, -0.05) is 29.8 Å². The van der Waals surface area contributed by atoms with Gasteiger partial charge in [-0.05, 0) is 37.0 Å². The van der Waals surface area contributed by atoms with Gasteiger partial charge in [0.2, 0.25) is 11.6 Å². The van der Waals surface area contributed by atoms with Crippen LogP contribution in [-0.2, 0) is 4.79 Å². The van der Waals surface area contributed by atoms with Gasteiger partial charge in [0.1, 0.15) is 0 Å². The maximum absolute atomic E-state index is 12.0. The smallest absolute Gasteiger partial charge is 0.233 e. The fourth-order valence-corrected chi connectivity index (χ4v) is 2.49. The number of fused-ring (bicyclic) bond motifs is 2. The Bertz CT molecular complexity index is 603. The van der Waals surface area contributed by atoms with Gasteiger partial charge in [0.15, 0.2) is 0 Å². The van der Waals surface area contributed by atoms with Gasteiger partial charge in [0, 0.05) is 11.1 Å². The average Bonchev–Trinajstić information content (AvgIpc) is 2.36. The Morgan fingerprint density at radius 1 is 1.06 bits per heavy atom. The number of hydrogen-bond acceptors (Lipinski definition) is 2. The molecule has 84 valence electrons. The Labute approximate surface area is 99.6 Å². The second-order valence-electron chi connectivity index (χ2n) is 4.54. The standard InChI is InChI=1S/C15H12O2/c1-9-6-7-11-10-4-2-3-5-12(10)14(16)15(17)13(11)8-9/h2,4,6-8H,3,5H2,1H3. The predicted octanol–water partition coefficient (Wildman–Crippen LogP) is 2.86.